The van der Waals surface area contributed by atoms with E-state index in [1.165, 1.54) is 30.5 Å². The largest absolute Gasteiger partial charge is 0.369 e. The van der Waals surface area contributed by atoms with Gasteiger partial charge in [-0.1, -0.05) is 60.7 Å². The molecule has 2 aromatic rings. The topological polar surface area (TPSA) is 15.7 Å². The van der Waals surface area contributed by atoms with Crippen LogP contribution in [-0.4, -0.2) is 43.3 Å². The maximum absolute atomic E-state index is 5.27. The second-order valence-electron chi connectivity index (χ2n) is 7.12. The lowest BCUT2D eigenvalue weighted by molar-refractivity contribution is 0.0332. The molecule has 0 aromatic heterocycles. The van der Waals surface area contributed by atoms with Gasteiger partial charge in [0.2, 0.25) is 0 Å². The molecule has 0 amide bonds. The predicted molar refractivity (Wildman–Crippen MR) is 103 cm³/mol. The first-order valence-corrected chi connectivity index (χ1v) is 9.35. The third-order valence-electron chi connectivity index (χ3n) is 5.03. The zero-order valence-electron chi connectivity index (χ0n) is 15.3. The summed E-state index contributed by atoms with van der Waals surface area (Å²) in [4.78, 5) is 5.02. The van der Waals surface area contributed by atoms with Crippen LogP contribution in [0.15, 0.2) is 60.7 Å². The fourth-order valence-electron chi connectivity index (χ4n) is 3.71. The van der Waals surface area contributed by atoms with E-state index in [0.29, 0.717) is 0 Å². The second kappa shape index (κ2) is 9.71. The molecule has 0 bridgehead atoms. The van der Waals surface area contributed by atoms with Gasteiger partial charge in [0.15, 0.2) is 0 Å². The summed E-state index contributed by atoms with van der Waals surface area (Å²) in [6.07, 6.45) is 2.53. The summed E-state index contributed by atoms with van der Waals surface area (Å²) in [6.45, 7) is 6.29. The molecule has 0 N–H and O–H groups in total. The lowest BCUT2D eigenvalue weighted by Crippen LogP contribution is -2.39. The van der Waals surface area contributed by atoms with E-state index in [2.05, 4.69) is 70.5 Å². The third kappa shape index (κ3) is 5.96. The highest BCUT2D eigenvalue weighted by Gasteiger charge is 2.21. The summed E-state index contributed by atoms with van der Waals surface area (Å²) < 4.78 is 5.27. The van der Waals surface area contributed by atoms with Crippen molar-refractivity contribution in [2.75, 3.05) is 33.5 Å². The van der Waals surface area contributed by atoms with E-state index in [4.69, 9.17) is 4.74 Å². The number of benzene rings is 2. The number of methoxy groups -OCH3 is 1. The average Bonchev–Trinajstić information content (AvgIpc) is 2.65. The minimum Gasteiger partial charge on any atom is -0.369 e. The van der Waals surface area contributed by atoms with Gasteiger partial charge in [-0.15, -0.1) is 0 Å². The Hall–Kier alpha value is -1.68. The molecule has 1 saturated heterocycles. The van der Waals surface area contributed by atoms with Crippen LogP contribution < -0.4 is 0 Å². The standard InChI is InChI=1S/C22H30N2O/c1-25-19-23-14-12-22(13-15-23)18-24(16-20-8-4-2-5-9-20)17-21-10-6-3-7-11-21/h2-11,22H,12-19H2,1H3. The molecule has 3 nitrogen and oxygen atoms in total. The van der Waals surface area contributed by atoms with Gasteiger partial charge in [0, 0.05) is 39.8 Å². The van der Waals surface area contributed by atoms with Gasteiger partial charge in [0.25, 0.3) is 0 Å². The molecule has 3 rings (SSSR count). The van der Waals surface area contributed by atoms with Crippen molar-refractivity contribution in [2.45, 2.75) is 25.9 Å². The first-order chi connectivity index (χ1) is 12.3. The molecule has 2 aromatic carbocycles. The van der Waals surface area contributed by atoms with Gasteiger partial charge in [0.1, 0.15) is 0 Å². The van der Waals surface area contributed by atoms with Crippen LogP contribution in [-0.2, 0) is 17.8 Å². The molecule has 1 heterocycles. The summed E-state index contributed by atoms with van der Waals surface area (Å²) in [6, 6.07) is 21.7. The van der Waals surface area contributed by atoms with Crippen molar-refractivity contribution in [2.24, 2.45) is 5.92 Å². The lowest BCUT2D eigenvalue weighted by atomic mass is 9.96. The molecule has 1 fully saturated rings. The van der Waals surface area contributed by atoms with Gasteiger partial charge >= 0.3 is 0 Å². The normalized spacial score (nSPS) is 16.4. The van der Waals surface area contributed by atoms with Crippen molar-refractivity contribution in [1.29, 1.82) is 0 Å². The summed E-state index contributed by atoms with van der Waals surface area (Å²) in [5, 5.41) is 0. The molecule has 1 aliphatic heterocycles. The number of rotatable bonds is 8. The van der Waals surface area contributed by atoms with E-state index in [0.717, 1.165) is 38.8 Å². The minimum absolute atomic E-state index is 0.768. The van der Waals surface area contributed by atoms with Gasteiger partial charge in [0.05, 0.1) is 6.73 Å². The Morgan fingerprint density at radius 3 is 1.88 bits per heavy atom. The Bertz CT molecular complexity index is 552. The number of nitrogens with zero attached hydrogens (tertiary/aromatic N) is 2. The fourth-order valence-corrected chi connectivity index (χ4v) is 3.71. The quantitative estimate of drug-likeness (QED) is 0.723. The zero-order valence-corrected chi connectivity index (χ0v) is 15.3. The van der Waals surface area contributed by atoms with Gasteiger partial charge in [-0.25, -0.2) is 0 Å². The van der Waals surface area contributed by atoms with Crippen LogP contribution >= 0.6 is 0 Å². The molecule has 0 saturated carbocycles. The van der Waals surface area contributed by atoms with Crippen LogP contribution in [0.4, 0.5) is 0 Å². The van der Waals surface area contributed by atoms with E-state index in [1.807, 2.05) is 0 Å². The highest BCUT2D eigenvalue weighted by molar-refractivity contribution is 5.17. The second-order valence-corrected chi connectivity index (χ2v) is 7.12. The van der Waals surface area contributed by atoms with E-state index in [-0.39, 0.29) is 0 Å². The molecule has 0 unspecified atom stereocenters. The third-order valence-corrected chi connectivity index (χ3v) is 5.03. The van der Waals surface area contributed by atoms with Crippen molar-refractivity contribution in [3.63, 3.8) is 0 Å². The number of piperidine rings is 1. The predicted octanol–water partition coefficient (Wildman–Crippen LogP) is 4.00. The highest BCUT2D eigenvalue weighted by atomic mass is 16.5. The lowest BCUT2D eigenvalue weighted by Gasteiger charge is -2.34. The van der Waals surface area contributed by atoms with Crippen molar-refractivity contribution in [3.05, 3.63) is 71.8 Å². The van der Waals surface area contributed by atoms with Gasteiger partial charge in [-0.2, -0.15) is 0 Å². The Kier molecular flexibility index (Phi) is 7.04. The molecule has 0 radical (unpaired) electrons. The highest BCUT2D eigenvalue weighted by Crippen LogP contribution is 2.20. The smallest absolute Gasteiger partial charge is 0.0986 e. The molecule has 0 aliphatic carbocycles. The van der Waals surface area contributed by atoms with E-state index >= 15 is 0 Å². The van der Waals surface area contributed by atoms with Crippen LogP contribution in [0.5, 0.6) is 0 Å². The summed E-state index contributed by atoms with van der Waals surface area (Å²) >= 11 is 0. The Morgan fingerprint density at radius 1 is 0.880 bits per heavy atom. The molecule has 1 aliphatic rings. The molecule has 3 heteroatoms. The van der Waals surface area contributed by atoms with Gasteiger partial charge < -0.3 is 4.74 Å². The number of ether oxygens (including phenoxy) is 1. The van der Waals surface area contributed by atoms with Crippen LogP contribution in [0.1, 0.15) is 24.0 Å². The maximum atomic E-state index is 5.27. The van der Waals surface area contributed by atoms with Crippen molar-refractivity contribution < 1.29 is 4.74 Å². The molecule has 0 spiro atoms. The van der Waals surface area contributed by atoms with Gasteiger partial charge in [-0.05, 0) is 29.9 Å². The van der Waals surface area contributed by atoms with E-state index in [9.17, 15) is 0 Å². The number of hydrogen-bond acceptors (Lipinski definition) is 3. The maximum Gasteiger partial charge on any atom is 0.0986 e. The summed E-state index contributed by atoms with van der Waals surface area (Å²) in [7, 11) is 1.79. The van der Waals surface area contributed by atoms with Crippen LogP contribution in [0.2, 0.25) is 0 Å². The molecule has 134 valence electrons. The van der Waals surface area contributed by atoms with Crippen molar-refractivity contribution >= 4 is 0 Å². The summed E-state index contributed by atoms with van der Waals surface area (Å²) in [5.41, 5.74) is 2.80. The molecule has 25 heavy (non-hydrogen) atoms. The van der Waals surface area contributed by atoms with Crippen LogP contribution in [0, 0.1) is 5.92 Å². The Labute approximate surface area is 152 Å². The monoisotopic (exact) mass is 338 g/mol. The first-order valence-electron chi connectivity index (χ1n) is 9.35. The average molecular weight is 338 g/mol. The number of hydrogen-bond donors (Lipinski definition) is 0. The molecular weight excluding hydrogens is 308 g/mol. The van der Waals surface area contributed by atoms with E-state index in [1.54, 1.807) is 7.11 Å². The Balaban J connectivity index is 1.60. The Morgan fingerprint density at radius 2 is 1.40 bits per heavy atom. The van der Waals surface area contributed by atoms with Crippen LogP contribution in [0.25, 0.3) is 0 Å². The SMILES string of the molecule is COCN1CCC(CN(Cc2ccccc2)Cc2ccccc2)CC1. The summed E-state index contributed by atoms with van der Waals surface area (Å²) in [5.74, 6) is 0.778. The molecule has 0 atom stereocenters. The first kappa shape index (κ1) is 18.1. The zero-order chi connectivity index (χ0) is 17.3. The fraction of sp³-hybridized carbons (Fsp3) is 0.455. The van der Waals surface area contributed by atoms with E-state index < -0.39 is 0 Å². The van der Waals surface area contributed by atoms with Crippen molar-refractivity contribution in [1.82, 2.24) is 9.80 Å². The van der Waals surface area contributed by atoms with Crippen molar-refractivity contribution in [3.8, 4) is 0 Å². The van der Waals surface area contributed by atoms with Gasteiger partial charge in [-0.3, -0.25) is 9.80 Å². The number of likely N-dealkylation sites (tertiary alicyclic amines) is 1. The van der Waals surface area contributed by atoms with Crippen LogP contribution in [0.3, 0.4) is 0 Å². The minimum atomic E-state index is 0.768. The molecular formula is C22H30N2O.